The Morgan fingerprint density at radius 1 is 0.857 bits per heavy atom. The number of hydrogen-bond acceptors (Lipinski definition) is 4. The van der Waals surface area contributed by atoms with Crippen LogP contribution in [-0.4, -0.2) is 21.4 Å². The predicted octanol–water partition coefficient (Wildman–Crippen LogP) is 5.23. The van der Waals surface area contributed by atoms with Gasteiger partial charge in [0.2, 0.25) is 0 Å². The summed E-state index contributed by atoms with van der Waals surface area (Å²) in [4.78, 5) is 12.5. The van der Waals surface area contributed by atoms with Crippen LogP contribution >= 0.6 is 0 Å². The van der Waals surface area contributed by atoms with E-state index in [2.05, 4.69) is 10.0 Å². The third-order valence-corrected chi connectivity index (χ3v) is 6.71. The molecular weight excluding hydrogens is 467 g/mol. The molecule has 4 aromatic carbocycles. The van der Waals surface area contributed by atoms with Crippen LogP contribution in [0.25, 0.3) is 11.1 Å². The lowest BCUT2D eigenvalue weighted by Crippen LogP contribution is -2.22. The van der Waals surface area contributed by atoms with E-state index in [1.807, 2.05) is 24.3 Å². The lowest BCUT2D eigenvalue weighted by atomic mass is 10.1. The van der Waals surface area contributed by atoms with Gasteiger partial charge in [-0.3, -0.25) is 9.52 Å². The Labute approximate surface area is 203 Å². The zero-order valence-electron chi connectivity index (χ0n) is 18.9. The predicted molar refractivity (Wildman–Crippen MR) is 133 cm³/mol. The van der Waals surface area contributed by atoms with E-state index in [-0.39, 0.29) is 16.6 Å². The maximum absolute atomic E-state index is 13.5. The molecule has 1 amide bonds. The third-order valence-electron chi connectivity index (χ3n) is 5.31. The van der Waals surface area contributed by atoms with E-state index in [1.54, 1.807) is 43.5 Å². The van der Waals surface area contributed by atoms with Gasteiger partial charge in [-0.15, -0.1) is 0 Å². The van der Waals surface area contributed by atoms with Crippen molar-refractivity contribution in [2.24, 2.45) is 0 Å². The molecule has 0 saturated carbocycles. The van der Waals surface area contributed by atoms with Gasteiger partial charge in [-0.1, -0.05) is 36.4 Å². The quantitative estimate of drug-likeness (QED) is 0.354. The van der Waals surface area contributed by atoms with Gasteiger partial charge in [-0.25, -0.2) is 12.8 Å². The number of rotatable bonds is 8. The summed E-state index contributed by atoms with van der Waals surface area (Å²) in [6.45, 7) is 0.329. The molecule has 4 rings (SSSR count). The smallest absolute Gasteiger partial charge is 0.261 e. The van der Waals surface area contributed by atoms with E-state index < -0.39 is 10.0 Å². The fraction of sp³-hybridized carbons (Fsp3) is 0.0741. The van der Waals surface area contributed by atoms with Crippen LogP contribution in [0.4, 0.5) is 10.1 Å². The van der Waals surface area contributed by atoms with Crippen molar-refractivity contribution in [1.82, 2.24) is 5.32 Å². The van der Waals surface area contributed by atoms with Crippen LogP contribution in [0, 0.1) is 5.82 Å². The van der Waals surface area contributed by atoms with Crippen molar-refractivity contribution in [1.29, 1.82) is 0 Å². The molecule has 178 valence electrons. The number of sulfonamides is 1. The van der Waals surface area contributed by atoms with Crippen molar-refractivity contribution in [2.45, 2.75) is 11.4 Å². The minimum atomic E-state index is -3.84. The average molecular weight is 491 g/mol. The molecule has 0 heterocycles. The molecule has 0 unspecified atom stereocenters. The summed E-state index contributed by atoms with van der Waals surface area (Å²) in [6, 6.07) is 25.8. The number of halogens is 1. The first-order chi connectivity index (χ1) is 16.8. The maximum atomic E-state index is 13.5. The minimum Gasteiger partial charge on any atom is -0.497 e. The molecule has 0 fully saturated rings. The van der Waals surface area contributed by atoms with Gasteiger partial charge in [0.1, 0.15) is 11.6 Å². The summed E-state index contributed by atoms with van der Waals surface area (Å²) < 4.78 is 46.7. The molecule has 2 N–H and O–H groups in total. The zero-order chi connectivity index (χ0) is 24.8. The first kappa shape index (κ1) is 24.0. The van der Waals surface area contributed by atoms with Crippen molar-refractivity contribution >= 4 is 21.6 Å². The van der Waals surface area contributed by atoms with E-state index in [1.165, 1.54) is 36.4 Å². The van der Waals surface area contributed by atoms with Crippen LogP contribution < -0.4 is 14.8 Å². The van der Waals surface area contributed by atoms with Gasteiger partial charge in [0.25, 0.3) is 15.9 Å². The highest BCUT2D eigenvalue weighted by atomic mass is 32.2. The molecule has 0 spiro atoms. The van der Waals surface area contributed by atoms with Gasteiger partial charge in [-0.05, 0) is 77.4 Å². The van der Waals surface area contributed by atoms with Crippen molar-refractivity contribution in [3.8, 4) is 16.9 Å². The highest BCUT2D eigenvalue weighted by molar-refractivity contribution is 7.92. The van der Waals surface area contributed by atoms with Crippen LogP contribution in [0.3, 0.4) is 0 Å². The average Bonchev–Trinajstić information content (AvgIpc) is 2.88. The van der Waals surface area contributed by atoms with Crippen LogP contribution in [0.15, 0.2) is 102 Å². The summed E-state index contributed by atoms with van der Waals surface area (Å²) in [6.07, 6.45) is 0. The zero-order valence-corrected chi connectivity index (χ0v) is 19.7. The van der Waals surface area contributed by atoms with Gasteiger partial charge >= 0.3 is 0 Å². The SMILES string of the molecule is COc1cccc(CNC(=O)c2ccc(NS(=O)(=O)c3ccc(-c4cccc(F)c4)cc3)cc2)c1. The monoisotopic (exact) mass is 490 g/mol. The number of ether oxygens (including phenoxy) is 1. The van der Waals surface area contributed by atoms with E-state index in [4.69, 9.17) is 4.74 Å². The Morgan fingerprint density at radius 3 is 2.26 bits per heavy atom. The van der Waals surface area contributed by atoms with Gasteiger partial charge in [-0.2, -0.15) is 0 Å². The number of carbonyl (C=O) groups is 1. The molecule has 0 aromatic heterocycles. The standard InChI is InChI=1S/C27H23FN2O4S/c1-34-25-7-2-4-19(16-25)18-29-27(31)21-8-12-24(13-9-21)30-35(32,33)26-14-10-20(11-15-26)22-5-3-6-23(28)17-22/h2-17,30H,18H2,1H3,(H,29,31). The maximum Gasteiger partial charge on any atom is 0.261 e. The summed E-state index contributed by atoms with van der Waals surface area (Å²) in [7, 11) is -2.26. The Hall–Kier alpha value is -4.17. The first-order valence-corrected chi connectivity index (χ1v) is 12.2. The normalized spacial score (nSPS) is 11.0. The number of anilines is 1. The topological polar surface area (TPSA) is 84.5 Å². The Morgan fingerprint density at radius 2 is 1.57 bits per heavy atom. The van der Waals surface area contributed by atoms with Crippen LogP contribution in [0.2, 0.25) is 0 Å². The lowest BCUT2D eigenvalue weighted by molar-refractivity contribution is 0.0951. The van der Waals surface area contributed by atoms with E-state index in [0.717, 1.165) is 5.56 Å². The second kappa shape index (κ2) is 10.4. The molecule has 0 atom stereocenters. The van der Waals surface area contributed by atoms with Crippen LogP contribution in [0.1, 0.15) is 15.9 Å². The summed E-state index contributed by atoms with van der Waals surface area (Å²) in [5.74, 6) is 0.0606. The summed E-state index contributed by atoms with van der Waals surface area (Å²) >= 11 is 0. The van der Waals surface area contributed by atoms with Crippen molar-refractivity contribution in [3.63, 3.8) is 0 Å². The molecule has 0 aliphatic rings. The second-order valence-corrected chi connectivity index (χ2v) is 9.43. The van der Waals surface area contributed by atoms with E-state index in [9.17, 15) is 17.6 Å². The molecule has 8 heteroatoms. The number of hydrogen-bond donors (Lipinski definition) is 2. The summed E-state index contributed by atoms with van der Waals surface area (Å²) in [5, 5.41) is 2.83. The molecule has 35 heavy (non-hydrogen) atoms. The van der Waals surface area contributed by atoms with Crippen LogP contribution in [-0.2, 0) is 16.6 Å². The fourth-order valence-electron chi connectivity index (χ4n) is 3.47. The molecule has 0 aliphatic carbocycles. The number of nitrogens with one attached hydrogen (secondary N) is 2. The van der Waals surface area contributed by atoms with Crippen molar-refractivity contribution in [2.75, 3.05) is 11.8 Å². The fourth-order valence-corrected chi connectivity index (χ4v) is 4.52. The molecular formula is C27H23FN2O4S. The summed E-state index contributed by atoms with van der Waals surface area (Å²) in [5.41, 5.74) is 2.97. The highest BCUT2D eigenvalue weighted by Gasteiger charge is 2.15. The molecule has 0 radical (unpaired) electrons. The number of benzene rings is 4. The molecule has 0 aliphatic heterocycles. The number of methoxy groups -OCH3 is 1. The van der Waals surface area contributed by atoms with E-state index >= 15 is 0 Å². The van der Waals surface area contributed by atoms with Gasteiger partial charge in [0.15, 0.2) is 0 Å². The van der Waals surface area contributed by atoms with E-state index in [0.29, 0.717) is 34.7 Å². The third kappa shape index (κ3) is 6.04. The number of carbonyl (C=O) groups excluding carboxylic acids is 1. The molecule has 0 bridgehead atoms. The second-order valence-electron chi connectivity index (χ2n) is 7.75. The molecule has 6 nitrogen and oxygen atoms in total. The highest BCUT2D eigenvalue weighted by Crippen LogP contribution is 2.23. The minimum absolute atomic E-state index is 0.0674. The molecule has 0 saturated heterocycles. The first-order valence-electron chi connectivity index (χ1n) is 10.7. The van der Waals surface area contributed by atoms with Crippen molar-refractivity contribution < 1.29 is 22.3 Å². The van der Waals surface area contributed by atoms with Gasteiger partial charge in [0.05, 0.1) is 12.0 Å². The Kier molecular flexibility index (Phi) is 7.12. The largest absolute Gasteiger partial charge is 0.497 e. The van der Waals surface area contributed by atoms with Gasteiger partial charge < -0.3 is 10.1 Å². The number of amides is 1. The lowest BCUT2D eigenvalue weighted by Gasteiger charge is -2.10. The molecule has 4 aromatic rings. The Balaban J connectivity index is 1.39. The Bertz CT molecular complexity index is 1440. The van der Waals surface area contributed by atoms with Crippen LogP contribution in [0.5, 0.6) is 5.75 Å². The van der Waals surface area contributed by atoms with Gasteiger partial charge in [0, 0.05) is 17.8 Å². The van der Waals surface area contributed by atoms with Crippen molar-refractivity contribution in [3.05, 3.63) is 114 Å².